The van der Waals surface area contributed by atoms with E-state index in [2.05, 4.69) is 96.4 Å². The molecule has 4 aromatic heterocycles. The van der Waals surface area contributed by atoms with Gasteiger partial charge in [-0.1, -0.05) is 72.1 Å². The summed E-state index contributed by atoms with van der Waals surface area (Å²) in [7, 11) is 4.07. The zero-order valence-corrected chi connectivity index (χ0v) is 26.4. The quantitative estimate of drug-likeness (QED) is 0.177. The number of rotatable bonds is 9. The van der Waals surface area contributed by atoms with Crippen LogP contribution in [0.2, 0.25) is 0 Å². The third-order valence-corrected chi connectivity index (χ3v) is 10.5. The minimum atomic E-state index is -0.0819. The van der Waals surface area contributed by atoms with Gasteiger partial charge in [-0.25, -0.2) is 0 Å². The smallest absolute Gasteiger partial charge is 0.230 e. The molecule has 1 aliphatic rings. The van der Waals surface area contributed by atoms with Gasteiger partial charge in [0.05, 0.1) is 6.42 Å². The molecule has 1 amide bonds. The average molecular weight is 623 g/mol. The second-order valence-corrected chi connectivity index (χ2v) is 13.7. The van der Waals surface area contributed by atoms with Gasteiger partial charge in [-0.3, -0.25) is 4.79 Å². The monoisotopic (exact) mass is 622 g/mol. The van der Waals surface area contributed by atoms with Crippen molar-refractivity contribution in [2.45, 2.75) is 50.4 Å². The SMILES string of the molecule is C=C(Cc1cn(C)c2ccccc12)Nc1nnc(C2CCCC(c3nnc(NC(=O)Cc4cn(C)c5ccccc45)s3)C2)s1. The Labute approximate surface area is 263 Å². The number of fused-ring (bicyclic) bond motifs is 2. The van der Waals surface area contributed by atoms with Crippen LogP contribution in [0.15, 0.2) is 73.2 Å². The lowest BCUT2D eigenvalue weighted by Gasteiger charge is -2.25. The first-order chi connectivity index (χ1) is 21.4. The number of hydrogen-bond donors (Lipinski definition) is 2. The molecule has 9 nitrogen and oxygen atoms in total. The van der Waals surface area contributed by atoms with Crippen LogP contribution in [-0.2, 0) is 31.7 Å². The van der Waals surface area contributed by atoms with E-state index in [0.29, 0.717) is 17.5 Å². The first-order valence-corrected chi connectivity index (χ1v) is 16.5. The highest BCUT2D eigenvalue weighted by atomic mass is 32.1. The zero-order valence-electron chi connectivity index (χ0n) is 24.8. The van der Waals surface area contributed by atoms with Crippen molar-refractivity contribution in [3.63, 3.8) is 0 Å². The molecule has 0 radical (unpaired) electrons. The highest BCUT2D eigenvalue weighted by Gasteiger charge is 2.29. The number of carbonyl (C=O) groups excluding carboxylic acids is 1. The van der Waals surface area contributed by atoms with E-state index >= 15 is 0 Å². The highest BCUT2D eigenvalue weighted by molar-refractivity contribution is 7.15. The van der Waals surface area contributed by atoms with Crippen LogP contribution in [0.25, 0.3) is 21.8 Å². The van der Waals surface area contributed by atoms with Crippen LogP contribution in [0.5, 0.6) is 0 Å². The Bertz CT molecular complexity index is 1840. The molecule has 7 rings (SSSR count). The van der Waals surface area contributed by atoms with Gasteiger partial charge in [0.1, 0.15) is 10.0 Å². The molecule has 0 spiro atoms. The van der Waals surface area contributed by atoms with Crippen LogP contribution in [0, 0.1) is 0 Å². The summed E-state index contributed by atoms with van der Waals surface area (Å²) in [4.78, 5) is 12.9. The Balaban J connectivity index is 0.956. The van der Waals surface area contributed by atoms with Crippen molar-refractivity contribution < 1.29 is 4.79 Å². The van der Waals surface area contributed by atoms with Crippen molar-refractivity contribution in [2.75, 3.05) is 10.6 Å². The first kappa shape index (κ1) is 28.4. The maximum Gasteiger partial charge on any atom is 0.230 e. The van der Waals surface area contributed by atoms with Crippen LogP contribution in [-0.4, -0.2) is 35.4 Å². The van der Waals surface area contributed by atoms with Gasteiger partial charge < -0.3 is 19.8 Å². The first-order valence-electron chi connectivity index (χ1n) is 14.9. The molecule has 2 atom stereocenters. The topological polar surface area (TPSA) is 103 Å². The van der Waals surface area contributed by atoms with Crippen molar-refractivity contribution in [3.8, 4) is 0 Å². The Morgan fingerprint density at radius 3 is 1.91 bits per heavy atom. The maximum absolute atomic E-state index is 12.9. The fourth-order valence-electron chi connectivity index (χ4n) is 6.43. The van der Waals surface area contributed by atoms with Crippen molar-refractivity contribution in [1.29, 1.82) is 0 Å². The van der Waals surface area contributed by atoms with Crippen LogP contribution in [0.4, 0.5) is 10.3 Å². The van der Waals surface area contributed by atoms with E-state index in [1.807, 2.05) is 25.4 Å². The molecule has 2 unspecified atom stereocenters. The number of carbonyl (C=O) groups is 1. The van der Waals surface area contributed by atoms with Crippen LogP contribution in [0.3, 0.4) is 0 Å². The fraction of sp³-hybridized carbons (Fsp3) is 0.303. The Morgan fingerprint density at radius 1 is 0.795 bits per heavy atom. The summed E-state index contributed by atoms with van der Waals surface area (Å²) in [6.45, 7) is 4.27. The number of para-hydroxylation sites is 2. The number of nitrogens with zero attached hydrogens (tertiary/aromatic N) is 6. The standard InChI is InChI=1S/C33H34N8OS2/c1-20(15-23-18-40(2)27-13-6-4-11-25(23)27)34-32-38-36-30(43-32)21-9-8-10-22(16-21)31-37-39-33(44-31)35-29(42)17-24-19-41(3)28-14-7-5-12-26(24)28/h4-7,11-14,18-19,21-22H,1,8-10,15-17H2,2-3H3,(H,34,38)(H,35,39,42). The van der Waals surface area contributed by atoms with Crippen molar-refractivity contribution in [1.82, 2.24) is 29.5 Å². The molecule has 6 aromatic rings. The molecule has 1 saturated carbocycles. The second-order valence-electron chi connectivity index (χ2n) is 11.6. The van der Waals surface area contributed by atoms with E-state index in [9.17, 15) is 4.79 Å². The maximum atomic E-state index is 12.9. The predicted molar refractivity (Wildman–Crippen MR) is 178 cm³/mol. The van der Waals surface area contributed by atoms with E-state index < -0.39 is 0 Å². The second kappa shape index (κ2) is 12.0. The van der Waals surface area contributed by atoms with Crippen LogP contribution >= 0.6 is 22.7 Å². The lowest BCUT2D eigenvalue weighted by atomic mass is 9.82. The minimum absolute atomic E-state index is 0.0819. The van der Waals surface area contributed by atoms with Gasteiger partial charge in [0.15, 0.2) is 0 Å². The van der Waals surface area contributed by atoms with Gasteiger partial charge >= 0.3 is 0 Å². The van der Waals surface area contributed by atoms with Crippen molar-refractivity contribution in [3.05, 3.63) is 94.3 Å². The lowest BCUT2D eigenvalue weighted by molar-refractivity contribution is -0.115. The third kappa shape index (κ3) is 5.77. The molecule has 4 heterocycles. The summed E-state index contributed by atoms with van der Waals surface area (Å²) in [5.74, 6) is 0.527. The van der Waals surface area contributed by atoms with Gasteiger partial charge in [0.25, 0.3) is 0 Å². The molecule has 2 N–H and O–H groups in total. The van der Waals surface area contributed by atoms with E-state index in [1.54, 1.807) is 11.3 Å². The van der Waals surface area contributed by atoms with Crippen LogP contribution < -0.4 is 10.6 Å². The lowest BCUT2D eigenvalue weighted by Crippen LogP contribution is -2.14. The molecule has 1 fully saturated rings. The van der Waals surface area contributed by atoms with Gasteiger partial charge in [0, 0.05) is 72.2 Å². The van der Waals surface area contributed by atoms with Gasteiger partial charge in [0.2, 0.25) is 16.2 Å². The number of benzene rings is 2. The number of amides is 1. The van der Waals surface area contributed by atoms with Crippen LogP contribution in [0.1, 0.15) is 58.7 Å². The van der Waals surface area contributed by atoms with Gasteiger partial charge in [-0.05, 0) is 42.5 Å². The number of anilines is 2. The molecular weight excluding hydrogens is 589 g/mol. The summed E-state index contributed by atoms with van der Waals surface area (Å²) in [5, 5.41) is 29.9. The average Bonchev–Trinajstić information content (AvgIpc) is 3.81. The summed E-state index contributed by atoms with van der Waals surface area (Å²) in [5.41, 5.74) is 5.47. The minimum Gasteiger partial charge on any atom is -0.350 e. The molecule has 1 aliphatic carbocycles. The number of aromatic nitrogens is 6. The van der Waals surface area contributed by atoms with Crippen molar-refractivity contribution >= 4 is 60.6 Å². The van der Waals surface area contributed by atoms with Crippen molar-refractivity contribution in [2.24, 2.45) is 14.1 Å². The highest BCUT2D eigenvalue weighted by Crippen LogP contribution is 2.43. The number of nitrogens with one attached hydrogen (secondary N) is 2. The molecular formula is C33H34N8OS2. The van der Waals surface area contributed by atoms with E-state index in [-0.39, 0.29) is 11.8 Å². The zero-order chi connectivity index (χ0) is 30.2. The van der Waals surface area contributed by atoms with E-state index in [4.69, 9.17) is 0 Å². The van der Waals surface area contributed by atoms with Gasteiger partial charge in [-0.15, -0.1) is 20.4 Å². The molecule has 224 valence electrons. The third-order valence-electron chi connectivity index (χ3n) is 8.50. The fourth-order valence-corrected chi connectivity index (χ4v) is 8.28. The van der Waals surface area contributed by atoms with Gasteiger partial charge in [-0.2, -0.15) is 0 Å². The predicted octanol–water partition coefficient (Wildman–Crippen LogP) is 7.16. The Hall–Kier alpha value is -4.35. The summed E-state index contributed by atoms with van der Waals surface area (Å²) < 4.78 is 4.21. The molecule has 11 heteroatoms. The number of aryl methyl sites for hydroxylation is 2. The molecule has 0 saturated heterocycles. The Morgan fingerprint density at radius 2 is 1.32 bits per heavy atom. The van der Waals surface area contributed by atoms with E-state index in [1.165, 1.54) is 27.8 Å². The number of hydrogen-bond acceptors (Lipinski definition) is 8. The summed E-state index contributed by atoms with van der Waals surface area (Å²) in [6, 6.07) is 16.6. The summed E-state index contributed by atoms with van der Waals surface area (Å²) >= 11 is 3.09. The normalized spacial score (nSPS) is 16.9. The molecule has 44 heavy (non-hydrogen) atoms. The summed E-state index contributed by atoms with van der Waals surface area (Å²) in [6.07, 6.45) is 9.38. The Kier molecular flexibility index (Phi) is 7.73. The molecule has 2 aromatic carbocycles. The molecule has 0 aliphatic heterocycles. The largest absolute Gasteiger partial charge is 0.350 e. The molecule has 0 bridgehead atoms. The van der Waals surface area contributed by atoms with E-state index in [0.717, 1.165) is 69.4 Å². The number of allylic oxidation sites excluding steroid dienone is 1.